The van der Waals surface area contributed by atoms with E-state index in [-0.39, 0.29) is 39.8 Å². The topological polar surface area (TPSA) is 127 Å². The molecule has 0 heterocycles. The average Bonchev–Trinajstić information content (AvgIpc) is 3.29. The highest BCUT2D eigenvalue weighted by Crippen LogP contribution is 2.47. The van der Waals surface area contributed by atoms with Gasteiger partial charge in [-0.1, -0.05) is 30.7 Å². The van der Waals surface area contributed by atoms with E-state index >= 15 is 0 Å². The lowest BCUT2D eigenvalue weighted by Crippen LogP contribution is -2.30. The molecular formula is C21H20N2O5S. The van der Waals surface area contributed by atoms with Crippen molar-refractivity contribution in [3.63, 3.8) is 0 Å². The van der Waals surface area contributed by atoms with Crippen molar-refractivity contribution in [2.75, 3.05) is 11.1 Å². The molecule has 3 aliphatic rings. The number of carbonyl (C=O) groups excluding carboxylic acids is 2. The van der Waals surface area contributed by atoms with E-state index < -0.39 is 26.5 Å². The number of hydrogen-bond acceptors (Lipinski definition) is 6. The van der Waals surface area contributed by atoms with E-state index in [1.165, 1.54) is 18.6 Å². The van der Waals surface area contributed by atoms with Crippen LogP contribution >= 0.6 is 0 Å². The second kappa shape index (κ2) is 6.14. The molecule has 0 amide bonds. The quantitative estimate of drug-likeness (QED) is 0.446. The largest absolute Gasteiger partial charge is 0.397 e. The number of nitrogens with one attached hydrogen (secondary N) is 1. The molecule has 5 rings (SSSR count). The minimum Gasteiger partial charge on any atom is -0.397 e. The third-order valence-corrected chi connectivity index (χ3v) is 7.45. The van der Waals surface area contributed by atoms with Gasteiger partial charge in [0.05, 0.1) is 16.8 Å². The van der Waals surface area contributed by atoms with Crippen molar-refractivity contribution in [1.82, 2.24) is 0 Å². The molecule has 3 aliphatic carbocycles. The monoisotopic (exact) mass is 412 g/mol. The molecular weight excluding hydrogens is 392 g/mol. The normalized spacial score (nSPS) is 25.1. The second-order valence-corrected chi connectivity index (χ2v) is 9.58. The smallest absolute Gasteiger partial charge is 0.296 e. The van der Waals surface area contributed by atoms with Crippen LogP contribution in [0.15, 0.2) is 35.2 Å². The molecule has 0 saturated heterocycles. The van der Waals surface area contributed by atoms with E-state index in [0.717, 1.165) is 19.3 Å². The summed E-state index contributed by atoms with van der Waals surface area (Å²) >= 11 is 0. The second-order valence-electron chi connectivity index (χ2n) is 8.19. The van der Waals surface area contributed by atoms with E-state index in [1.807, 2.05) is 0 Å². The minimum atomic E-state index is -4.68. The zero-order valence-corrected chi connectivity index (χ0v) is 16.3. The van der Waals surface area contributed by atoms with E-state index in [1.54, 1.807) is 18.2 Å². The molecule has 0 aromatic heterocycles. The molecule has 150 valence electrons. The summed E-state index contributed by atoms with van der Waals surface area (Å²) in [5.74, 6) is 0.175. The molecule has 0 aliphatic heterocycles. The first-order valence-corrected chi connectivity index (χ1v) is 11.1. The van der Waals surface area contributed by atoms with Crippen molar-refractivity contribution in [3.05, 3.63) is 52.6 Å². The number of hydrogen-bond donors (Lipinski definition) is 3. The lowest BCUT2D eigenvalue weighted by Gasteiger charge is -2.28. The first-order chi connectivity index (χ1) is 13.8. The van der Waals surface area contributed by atoms with Gasteiger partial charge >= 0.3 is 0 Å². The van der Waals surface area contributed by atoms with Crippen LogP contribution in [0, 0.1) is 11.8 Å². The third-order valence-electron chi connectivity index (χ3n) is 6.56. The SMILES string of the molecule is Nc1c(S(=O)(=O)O)cc(NC2CC3CCC2C3)c2c1C(=O)c1ccccc1C2=O. The summed E-state index contributed by atoms with van der Waals surface area (Å²) in [5.41, 5.74) is 6.21. The fourth-order valence-electron chi connectivity index (χ4n) is 5.24. The number of anilines is 2. The molecule has 2 fully saturated rings. The van der Waals surface area contributed by atoms with Crippen LogP contribution in [0.25, 0.3) is 0 Å². The third kappa shape index (κ3) is 2.70. The Morgan fingerprint density at radius 2 is 1.66 bits per heavy atom. The molecule has 4 N–H and O–H groups in total. The molecule has 7 nitrogen and oxygen atoms in total. The van der Waals surface area contributed by atoms with Crippen LogP contribution in [-0.4, -0.2) is 30.6 Å². The standard InChI is InChI=1S/C21H20N2O5S/c22-19-16(29(26,27)28)9-15(23-14-8-10-5-6-11(14)7-10)17-18(19)21(25)13-4-2-1-3-12(13)20(17)24/h1-4,9-11,14,23H,5-8,22H2,(H,26,27,28). The fraction of sp³-hybridized carbons (Fsp3) is 0.333. The van der Waals surface area contributed by atoms with Gasteiger partial charge in [-0.25, -0.2) is 0 Å². The van der Waals surface area contributed by atoms with Crippen LogP contribution in [0.4, 0.5) is 11.4 Å². The van der Waals surface area contributed by atoms with E-state index in [9.17, 15) is 22.6 Å². The number of ketones is 2. The summed E-state index contributed by atoms with van der Waals surface area (Å²) in [6.45, 7) is 0. The Kier molecular flexibility index (Phi) is 3.88. The minimum absolute atomic E-state index is 0.0846. The molecule has 2 bridgehead atoms. The summed E-state index contributed by atoms with van der Waals surface area (Å²) in [7, 11) is -4.68. The molecule has 0 radical (unpaired) electrons. The van der Waals surface area contributed by atoms with Gasteiger partial charge in [-0.15, -0.1) is 0 Å². The van der Waals surface area contributed by atoms with E-state index in [0.29, 0.717) is 11.8 Å². The predicted octanol–water partition coefficient (Wildman–Crippen LogP) is 2.89. The maximum absolute atomic E-state index is 13.3. The van der Waals surface area contributed by atoms with Crippen molar-refractivity contribution in [2.24, 2.45) is 11.8 Å². The lowest BCUT2D eigenvalue weighted by atomic mass is 9.82. The van der Waals surface area contributed by atoms with Gasteiger partial charge in [-0.2, -0.15) is 8.42 Å². The average molecular weight is 412 g/mol. The van der Waals surface area contributed by atoms with Crippen molar-refractivity contribution < 1.29 is 22.6 Å². The molecule has 3 atom stereocenters. The molecule has 29 heavy (non-hydrogen) atoms. The first-order valence-electron chi connectivity index (χ1n) is 9.64. The Labute approximate surface area is 168 Å². The zero-order valence-electron chi connectivity index (χ0n) is 15.5. The Hall–Kier alpha value is -2.71. The predicted molar refractivity (Wildman–Crippen MR) is 107 cm³/mol. The van der Waals surface area contributed by atoms with Crippen LogP contribution in [0.3, 0.4) is 0 Å². The van der Waals surface area contributed by atoms with Crippen LogP contribution in [0.5, 0.6) is 0 Å². The summed E-state index contributed by atoms with van der Waals surface area (Å²) in [4.78, 5) is 25.8. The van der Waals surface area contributed by atoms with Crippen molar-refractivity contribution in [1.29, 1.82) is 0 Å². The first kappa shape index (κ1) is 18.3. The lowest BCUT2D eigenvalue weighted by molar-refractivity contribution is 0.0980. The van der Waals surface area contributed by atoms with Crippen molar-refractivity contribution >= 4 is 33.1 Å². The van der Waals surface area contributed by atoms with Gasteiger partial charge in [-0.3, -0.25) is 14.1 Å². The number of carbonyl (C=O) groups is 2. The summed E-state index contributed by atoms with van der Waals surface area (Å²) in [5, 5.41) is 3.32. The highest BCUT2D eigenvalue weighted by Gasteiger charge is 2.41. The molecule has 0 spiro atoms. The van der Waals surface area contributed by atoms with Gasteiger partial charge in [0.2, 0.25) is 0 Å². The van der Waals surface area contributed by atoms with Gasteiger partial charge in [0.1, 0.15) is 4.90 Å². The molecule has 2 aromatic rings. The van der Waals surface area contributed by atoms with E-state index in [4.69, 9.17) is 5.73 Å². The number of nitrogens with two attached hydrogens (primary N) is 1. The maximum Gasteiger partial charge on any atom is 0.296 e. The maximum atomic E-state index is 13.3. The Balaban J connectivity index is 1.72. The molecule has 8 heteroatoms. The number of nitrogen functional groups attached to an aromatic ring is 1. The molecule has 2 aromatic carbocycles. The van der Waals surface area contributed by atoms with Crippen molar-refractivity contribution in [2.45, 2.75) is 36.6 Å². The number of fused-ring (bicyclic) bond motifs is 4. The Morgan fingerprint density at radius 3 is 2.21 bits per heavy atom. The fourth-order valence-corrected chi connectivity index (χ4v) is 5.89. The van der Waals surface area contributed by atoms with Crippen LogP contribution < -0.4 is 11.1 Å². The Bertz CT molecular complexity index is 1190. The van der Waals surface area contributed by atoms with Gasteiger partial charge in [0.25, 0.3) is 10.1 Å². The number of benzene rings is 2. The summed E-state index contributed by atoms with van der Waals surface area (Å²) in [6, 6.07) is 7.68. The molecule has 2 saturated carbocycles. The van der Waals surface area contributed by atoms with E-state index in [2.05, 4.69) is 5.32 Å². The zero-order chi connectivity index (χ0) is 20.5. The highest BCUT2D eigenvalue weighted by atomic mass is 32.2. The van der Waals surface area contributed by atoms with Crippen molar-refractivity contribution in [3.8, 4) is 0 Å². The van der Waals surface area contributed by atoms with Gasteiger partial charge in [0.15, 0.2) is 11.6 Å². The molecule has 3 unspecified atom stereocenters. The summed E-state index contributed by atoms with van der Waals surface area (Å²) < 4.78 is 33.6. The van der Waals surface area contributed by atoms with Gasteiger partial charge in [0, 0.05) is 22.9 Å². The van der Waals surface area contributed by atoms with Crippen LogP contribution in [-0.2, 0) is 10.1 Å². The number of rotatable bonds is 3. The van der Waals surface area contributed by atoms with Crippen LogP contribution in [0.1, 0.15) is 57.5 Å². The van der Waals surface area contributed by atoms with Gasteiger partial charge < -0.3 is 11.1 Å². The Morgan fingerprint density at radius 1 is 1.00 bits per heavy atom. The highest BCUT2D eigenvalue weighted by molar-refractivity contribution is 7.86. The summed E-state index contributed by atoms with van der Waals surface area (Å²) in [6.07, 6.45) is 4.31. The van der Waals surface area contributed by atoms with Gasteiger partial charge in [-0.05, 0) is 37.2 Å². The van der Waals surface area contributed by atoms with Crippen LogP contribution in [0.2, 0.25) is 0 Å².